The van der Waals surface area contributed by atoms with Crippen LogP contribution in [-0.2, 0) is 0 Å². The second-order valence-electron chi connectivity index (χ2n) is 5.59. The van der Waals surface area contributed by atoms with Crippen LogP contribution in [0.15, 0.2) is 0 Å². The van der Waals surface area contributed by atoms with E-state index in [1.165, 1.54) is 6.42 Å². The molecule has 126 valence electrons. The highest BCUT2D eigenvalue weighted by Crippen LogP contribution is 2.00. The molecule has 0 atom stereocenters. The number of likely N-dealkylation sites (N-methyl/N-ethyl adjacent to an activating group) is 2. The van der Waals surface area contributed by atoms with Gasteiger partial charge in [-0.05, 0) is 19.3 Å². The fourth-order valence-corrected chi connectivity index (χ4v) is 2.34. The summed E-state index contributed by atoms with van der Waals surface area (Å²) in [5.74, 6) is 0. The third-order valence-electron chi connectivity index (χ3n) is 3.62. The number of hydrogen-bond acceptors (Lipinski definition) is 3. The van der Waals surface area contributed by atoms with Gasteiger partial charge in [0, 0.05) is 53.9 Å². The number of nitrogens with one attached hydrogen (secondary N) is 2. The first-order valence-corrected chi connectivity index (χ1v) is 8.04. The Labute approximate surface area is 138 Å². The van der Waals surface area contributed by atoms with Gasteiger partial charge in [-0.25, -0.2) is 9.59 Å². The van der Waals surface area contributed by atoms with E-state index in [1.54, 1.807) is 21.7 Å². The molecule has 8 heteroatoms. The summed E-state index contributed by atoms with van der Waals surface area (Å²) in [7, 11) is 5.42. The van der Waals surface area contributed by atoms with E-state index in [2.05, 4.69) is 10.6 Å². The third kappa shape index (κ3) is 6.46. The van der Waals surface area contributed by atoms with E-state index >= 15 is 0 Å². The minimum absolute atomic E-state index is 0.0521. The second kappa shape index (κ2) is 9.45. The number of nitrogens with zero attached hydrogens (tertiary/aromatic N) is 3. The molecule has 3 aliphatic heterocycles. The molecule has 3 rings (SSSR count). The molecule has 0 aromatic rings. The van der Waals surface area contributed by atoms with Crippen LogP contribution in [0, 0.1) is 0 Å². The van der Waals surface area contributed by atoms with Crippen LogP contribution < -0.4 is 10.6 Å². The summed E-state index contributed by atoms with van der Waals surface area (Å²) in [6.45, 7) is 4.57. The Hall–Kier alpha value is -1.57. The van der Waals surface area contributed by atoms with Crippen molar-refractivity contribution in [3.05, 3.63) is 0 Å². The molecule has 0 aliphatic carbocycles. The quantitative estimate of drug-likeness (QED) is 0.643. The molecule has 3 heterocycles. The molecular formula is C14H27N5O2S. The van der Waals surface area contributed by atoms with E-state index < -0.39 is 0 Å². The highest BCUT2D eigenvalue weighted by Gasteiger charge is 2.20. The number of rotatable bonds is 0. The zero-order valence-electron chi connectivity index (χ0n) is 13.7. The maximum atomic E-state index is 10.8. The predicted molar refractivity (Wildman–Crippen MR) is 91.1 cm³/mol. The van der Waals surface area contributed by atoms with Crippen LogP contribution >= 0.6 is 12.2 Å². The molecule has 0 saturated carbocycles. The van der Waals surface area contributed by atoms with E-state index in [9.17, 15) is 9.59 Å². The number of thiocarbonyl (C=S) groups is 1. The molecule has 7 nitrogen and oxygen atoms in total. The molecule has 3 fully saturated rings. The predicted octanol–water partition coefficient (Wildman–Crippen LogP) is 0.712. The molecule has 4 amide bonds. The van der Waals surface area contributed by atoms with Crippen LogP contribution in [0.3, 0.4) is 0 Å². The molecular weight excluding hydrogens is 302 g/mol. The van der Waals surface area contributed by atoms with Gasteiger partial charge in [0.15, 0.2) is 0 Å². The van der Waals surface area contributed by atoms with Crippen LogP contribution in [0.25, 0.3) is 0 Å². The maximum Gasteiger partial charge on any atom is 0.319 e. The number of carbonyl (C=O) groups is 2. The average molecular weight is 329 g/mol. The summed E-state index contributed by atoms with van der Waals surface area (Å²) in [4.78, 5) is 27.5. The number of hydrogen-bond donors (Lipinski definition) is 2. The summed E-state index contributed by atoms with van der Waals surface area (Å²) in [6.07, 6.45) is 3.41. The van der Waals surface area contributed by atoms with Gasteiger partial charge in [0.05, 0.1) is 4.99 Å². The second-order valence-corrected chi connectivity index (χ2v) is 6.08. The molecule has 0 bridgehead atoms. The Morgan fingerprint density at radius 3 is 1.68 bits per heavy atom. The Morgan fingerprint density at radius 2 is 1.45 bits per heavy atom. The fourth-order valence-electron chi connectivity index (χ4n) is 2.10. The highest BCUT2D eigenvalue weighted by atomic mass is 32.1. The topological polar surface area (TPSA) is 67.9 Å². The van der Waals surface area contributed by atoms with Crippen LogP contribution in [0.5, 0.6) is 0 Å². The monoisotopic (exact) mass is 329 g/mol. The van der Waals surface area contributed by atoms with Gasteiger partial charge in [-0.1, -0.05) is 12.2 Å². The van der Waals surface area contributed by atoms with Crippen molar-refractivity contribution in [2.75, 3.05) is 53.9 Å². The minimum atomic E-state index is 0.0521. The van der Waals surface area contributed by atoms with Gasteiger partial charge in [-0.15, -0.1) is 0 Å². The Balaban J connectivity index is 0.000000167. The fraction of sp³-hybridized carbons (Fsp3) is 0.786. The van der Waals surface area contributed by atoms with Crippen LogP contribution in [0.4, 0.5) is 9.59 Å². The lowest BCUT2D eigenvalue weighted by atomic mass is 10.3. The number of urea groups is 2. The highest BCUT2D eigenvalue weighted by molar-refractivity contribution is 7.80. The van der Waals surface area contributed by atoms with E-state index in [-0.39, 0.29) is 12.1 Å². The van der Waals surface area contributed by atoms with Gasteiger partial charge in [-0.2, -0.15) is 0 Å². The lowest BCUT2D eigenvalue weighted by Gasteiger charge is -2.22. The number of carbonyl (C=O) groups excluding carboxylic acids is 2. The maximum absolute atomic E-state index is 10.8. The van der Waals surface area contributed by atoms with Crippen LogP contribution in [0.2, 0.25) is 0 Å². The molecule has 0 spiro atoms. The van der Waals surface area contributed by atoms with E-state index in [1.807, 2.05) is 14.1 Å². The first-order chi connectivity index (χ1) is 10.4. The van der Waals surface area contributed by atoms with Crippen molar-refractivity contribution < 1.29 is 9.59 Å². The van der Waals surface area contributed by atoms with Crippen molar-refractivity contribution in [1.29, 1.82) is 0 Å². The van der Waals surface area contributed by atoms with E-state index in [0.717, 1.165) is 50.6 Å². The van der Waals surface area contributed by atoms with Gasteiger partial charge in [0.1, 0.15) is 0 Å². The van der Waals surface area contributed by atoms with Crippen molar-refractivity contribution in [1.82, 2.24) is 25.3 Å². The van der Waals surface area contributed by atoms with Crippen molar-refractivity contribution in [3.8, 4) is 0 Å². The Kier molecular flexibility index (Phi) is 7.94. The van der Waals surface area contributed by atoms with Gasteiger partial charge in [0.25, 0.3) is 0 Å². The average Bonchev–Trinajstić information content (AvgIpc) is 3.08. The molecule has 0 aromatic heterocycles. The first kappa shape index (κ1) is 18.5. The van der Waals surface area contributed by atoms with Crippen molar-refractivity contribution in [2.24, 2.45) is 0 Å². The van der Waals surface area contributed by atoms with Gasteiger partial charge in [0.2, 0.25) is 0 Å². The summed E-state index contributed by atoms with van der Waals surface area (Å²) >= 11 is 4.81. The lowest BCUT2D eigenvalue weighted by molar-refractivity contribution is 0.198. The summed E-state index contributed by atoms with van der Waals surface area (Å²) < 4.78 is 0. The van der Waals surface area contributed by atoms with Gasteiger partial charge >= 0.3 is 12.1 Å². The largest absolute Gasteiger partial charge is 0.380 e. The molecule has 3 saturated heterocycles. The van der Waals surface area contributed by atoms with Crippen LogP contribution in [0.1, 0.15) is 19.3 Å². The minimum Gasteiger partial charge on any atom is -0.380 e. The van der Waals surface area contributed by atoms with E-state index in [4.69, 9.17) is 12.2 Å². The lowest BCUT2D eigenvalue weighted by Crippen LogP contribution is -2.43. The molecule has 0 radical (unpaired) electrons. The smallest absolute Gasteiger partial charge is 0.319 e. The zero-order valence-corrected chi connectivity index (χ0v) is 14.5. The normalized spacial score (nSPS) is 20.7. The summed E-state index contributed by atoms with van der Waals surface area (Å²) in [6, 6.07) is 0.182. The molecule has 22 heavy (non-hydrogen) atoms. The Morgan fingerprint density at radius 1 is 0.864 bits per heavy atom. The molecule has 0 unspecified atom stereocenters. The third-order valence-corrected chi connectivity index (χ3v) is 3.97. The van der Waals surface area contributed by atoms with Crippen molar-refractivity contribution in [3.63, 3.8) is 0 Å². The first-order valence-electron chi connectivity index (χ1n) is 7.63. The molecule has 2 N–H and O–H groups in total. The molecule has 3 aliphatic rings. The molecule has 0 aromatic carbocycles. The van der Waals surface area contributed by atoms with Gasteiger partial charge in [-0.3, -0.25) is 0 Å². The summed E-state index contributed by atoms with van der Waals surface area (Å²) in [5.41, 5.74) is 0. The van der Waals surface area contributed by atoms with Crippen LogP contribution in [-0.4, -0.2) is 85.6 Å². The van der Waals surface area contributed by atoms with Gasteiger partial charge < -0.3 is 25.3 Å². The SMILES string of the molecule is CN1CCCNC1=O.CN1CCN(C)C1=O.S=C1CCCN1. The van der Waals surface area contributed by atoms with Crippen molar-refractivity contribution in [2.45, 2.75) is 19.3 Å². The summed E-state index contributed by atoms with van der Waals surface area (Å²) in [5, 5.41) is 5.77. The van der Waals surface area contributed by atoms with Crippen molar-refractivity contribution >= 4 is 29.3 Å². The standard InChI is InChI=1S/2C5H10N2O.C4H7NS/c1-6-3-4-7(2)5(6)8;1-7-4-2-3-6-5(7)8;6-4-2-1-3-5-4/h3-4H2,1-2H3;2-4H2,1H3,(H,6,8);1-3H2,(H,5,6). The number of amides is 4. The zero-order chi connectivity index (χ0) is 16.5. The van der Waals surface area contributed by atoms with E-state index in [0.29, 0.717) is 0 Å². The Bertz CT molecular complexity index is 382.